The van der Waals surface area contributed by atoms with E-state index in [4.69, 9.17) is 4.74 Å². The number of halogens is 3. The third-order valence-electron chi connectivity index (χ3n) is 9.30. The van der Waals surface area contributed by atoms with Gasteiger partial charge in [-0.1, -0.05) is 13.8 Å². The molecule has 1 saturated carbocycles. The van der Waals surface area contributed by atoms with Crippen LogP contribution < -0.4 is 0 Å². The van der Waals surface area contributed by atoms with E-state index in [1.807, 2.05) is 18.4 Å². The van der Waals surface area contributed by atoms with E-state index in [2.05, 4.69) is 10.1 Å². The molecule has 2 saturated heterocycles. The van der Waals surface area contributed by atoms with Crippen LogP contribution in [-0.4, -0.2) is 65.6 Å². The van der Waals surface area contributed by atoms with Crippen molar-refractivity contribution in [2.24, 2.45) is 17.3 Å². The zero-order valence-corrected chi connectivity index (χ0v) is 25.6. The van der Waals surface area contributed by atoms with Gasteiger partial charge in [-0.15, -0.1) is 0 Å². The summed E-state index contributed by atoms with van der Waals surface area (Å²) in [7, 11) is 0. The number of fused-ring (bicyclic) bond motifs is 3. The van der Waals surface area contributed by atoms with E-state index in [-0.39, 0.29) is 52.9 Å². The second-order valence-corrected chi connectivity index (χ2v) is 13.9. The Morgan fingerprint density at radius 3 is 2.47 bits per heavy atom. The predicted octanol–water partition coefficient (Wildman–Crippen LogP) is 5.69. The van der Waals surface area contributed by atoms with Gasteiger partial charge >= 0.3 is 12.3 Å². The number of piperidine rings is 1. The van der Waals surface area contributed by atoms with Crippen molar-refractivity contribution in [3.63, 3.8) is 0 Å². The van der Waals surface area contributed by atoms with E-state index in [1.165, 1.54) is 15.7 Å². The molecule has 1 aliphatic carbocycles. The van der Waals surface area contributed by atoms with Crippen LogP contribution in [0, 0.1) is 17.3 Å². The molecule has 2 aliphatic heterocycles. The summed E-state index contributed by atoms with van der Waals surface area (Å²) in [5, 5.41) is 4.66. The van der Waals surface area contributed by atoms with Crippen molar-refractivity contribution < 1.29 is 32.3 Å². The summed E-state index contributed by atoms with van der Waals surface area (Å²) >= 11 is 0. The number of alkyl halides is 3. The lowest BCUT2D eigenvalue weighted by Crippen LogP contribution is -2.35. The Kier molecular flexibility index (Phi) is 6.21. The highest BCUT2D eigenvalue weighted by atomic mass is 19.4. The molecule has 0 bridgehead atoms. The third-order valence-corrected chi connectivity index (χ3v) is 9.30. The number of nitrogens with zero attached hydrogens (tertiary/aromatic N) is 6. The van der Waals surface area contributed by atoms with Gasteiger partial charge in [-0.2, -0.15) is 18.3 Å². The number of carbonyl (C=O) groups excluding carboxylic acids is 3. The molecule has 1 aromatic carbocycles. The van der Waals surface area contributed by atoms with E-state index in [1.54, 1.807) is 50.2 Å². The first-order valence-electron chi connectivity index (χ1n) is 14.9. The van der Waals surface area contributed by atoms with Crippen molar-refractivity contribution >= 4 is 34.3 Å². The SMILES string of the molecule is CC(C)(C)OC(=O)N1CCC(n2ccc3cc(C(F)(F)F)cc(-c4ncnn5cc(CN6C(=O)C7C(C6=O)C7(C)C)cc45)c32)C1. The molecule has 3 fully saturated rings. The fourth-order valence-electron chi connectivity index (χ4n) is 7.04. The van der Waals surface area contributed by atoms with E-state index in [9.17, 15) is 27.6 Å². The molecular weight excluding hydrogens is 589 g/mol. The van der Waals surface area contributed by atoms with Crippen molar-refractivity contribution in [1.29, 1.82) is 0 Å². The van der Waals surface area contributed by atoms with Crippen molar-refractivity contribution in [3.8, 4) is 11.3 Å². The van der Waals surface area contributed by atoms with Crippen molar-refractivity contribution in [2.75, 3.05) is 13.1 Å². The van der Waals surface area contributed by atoms with E-state index >= 15 is 0 Å². The molecule has 3 unspecified atom stereocenters. The summed E-state index contributed by atoms with van der Waals surface area (Å²) in [6.45, 7) is 10.0. The Hall–Kier alpha value is -4.42. The molecule has 3 aliphatic rings. The van der Waals surface area contributed by atoms with Crippen LogP contribution in [0.1, 0.15) is 58.2 Å². The van der Waals surface area contributed by atoms with Crippen LogP contribution >= 0.6 is 0 Å². The van der Waals surface area contributed by atoms with Gasteiger partial charge in [-0.05, 0) is 62.4 Å². The van der Waals surface area contributed by atoms with Gasteiger partial charge in [0.1, 0.15) is 11.9 Å². The molecule has 3 amide bonds. The summed E-state index contributed by atoms with van der Waals surface area (Å²) in [5.74, 6) is -1.03. The zero-order chi connectivity index (χ0) is 32.2. The lowest BCUT2D eigenvalue weighted by Gasteiger charge is -2.24. The fraction of sp³-hybridized carbons (Fsp3) is 0.469. The quantitative estimate of drug-likeness (QED) is 0.271. The third kappa shape index (κ3) is 4.74. The average molecular weight is 623 g/mol. The minimum Gasteiger partial charge on any atom is -0.444 e. The molecule has 7 rings (SSSR count). The van der Waals surface area contributed by atoms with Crippen molar-refractivity contribution in [1.82, 2.24) is 29.0 Å². The van der Waals surface area contributed by atoms with Gasteiger partial charge in [0.05, 0.1) is 46.7 Å². The smallest absolute Gasteiger partial charge is 0.416 e. The van der Waals surface area contributed by atoms with Crippen LogP contribution in [0.15, 0.2) is 43.0 Å². The molecule has 0 spiro atoms. The minimum atomic E-state index is -4.60. The van der Waals surface area contributed by atoms with Gasteiger partial charge in [0, 0.05) is 36.4 Å². The van der Waals surface area contributed by atoms with Gasteiger partial charge in [0.25, 0.3) is 0 Å². The largest absolute Gasteiger partial charge is 0.444 e. The number of imide groups is 1. The molecule has 236 valence electrons. The van der Waals surface area contributed by atoms with Gasteiger partial charge in [0.2, 0.25) is 11.8 Å². The number of ether oxygens (including phenoxy) is 1. The number of benzene rings is 1. The van der Waals surface area contributed by atoms with Crippen LogP contribution in [0.5, 0.6) is 0 Å². The summed E-state index contributed by atoms with van der Waals surface area (Å²) in [5.41, 5.74) is 0.329. The Morgan fingerprint density at radius 2 is 1.80 bits per heavy atom. The van der Waals surface area contributed by atoms with Crippen LogP contribution in [0.4, 0.5) is 18.0 Å². The van der Waals surface area contributed by atoms with Gasteiger partial charge in [0.15, 0.2) is 0 Å². The fourth-order valence-corrected chi connectivity index (χ4v) is 7.04. The molecule has 13 heteroatoms. The number of rotatable bonds is 4. The first kappa shape index (κ1) is 29.3. The maximum atomic E-state index is 14.1. The summed E-state index contributed by atoms with van der Waals surface area (Å²) in [4.78, 5) is 46.0. The Balaban J connectivity index is 1.28. The van der Waals surface area contributed by atoms with Crippen LogP contribution in [0.2, 0.25) is 0 Å². The van der Waals surface area contributed by atoms with Gasteiger partial charge < -0.3 is 14.2 Å². The Morgan fingerprint density at radius 1 is 1.09 bits per heavy atom. The Labute approximate surface area is 256 Å². The molecule has 3 atom stereocenters. The molecule has 4 aromatic rings. The molecular formula is C32H33F3N6O4. The number of aromatic nitrogens is 4. The van der Waals surface area contributed by atoms with Crippen LogP contribution in [0.25, 0.3) is 27.7 Å². The van der Waals surface area contributed by atoms with Crippen LogP contribution in [-0.2, 0) is 27.0 Å². The summed E-state index contributed by atoms with van der Waals surface area (Å²) in [6, 6.07) is 5.37. The second-order valence-electron chi connectivity index (χ2n) is 13.9. The molecule has 45 heavy (non-hydrogen) atoms. The lowest BCUT2D eigenvalue weighted by atomic mass is 10.0. The molecule has 0 N–H and O–H groups in total. The van der Waals surface area contributed by atoms with Gasteiger partial charge in [-0.3, -0.25) is 14.5 Å². The van der Waals surface area contributed by atoms with E-state index in [0.717, 1.165) is 12.1 Å². The first-order valence-corrected chi connectivity index (χ1v) is 14.9. The summed E-state index contributed by atoms with van der Waals surface area (Å²) < 4.78 is 51.3. The molecule has 5 heterocycles. The average Bonchev–Trinajstić information content (AvgIpc) is 3.52. The number of hydrogen-bond acceptors (Lipinski definition) is 6. The minimum absolute atomic E-state index is 0.0422. The maximum Gasteiger partial charge on any atom is 0.416 e. The zero-order valence-electron chi connectivity index (χ0n) is 25.6. The standard InChI is InChI=1S/C32H33F3N6O4/c1-30(2,3)45-29(44)38-8-7-20(15-38)39-9-6-18-11-19(32(33,34)35)12-21(26(18)39)25-22-10-17(14-41(22)37-16-36-25)13-40-27(42)23-24(28(40)43)31(23,4)5/h6,9-12,14,16,20,23-24H,7-8,13,15H2,1-5H3. The maximum absolute atomic E-state index is 14.1. The second kappa shape index (κ2) is 9.54. The predicted molar refractivity (Wildman–Crippen MR) is 157 cm³/mol. The summed E-state index contributed by atoms with van der Waals surface area (Å²) in [6.07, 6.45) is 0.235. The van der Waals surface area contributed by atoms with Gasteiger partial charge in [-0.25, -0.2) is 14.3 Å². The highest BCUT2D eigenvalue weighted by molar-refractivity contribution is 6.10. The topological polar surface area (TPSA) is 102 Å². The normalized spacial score (nSPS) is 23.0. The number of likely N-dealkylation sites (tertiary alicyclic amines) is 2. The Bertz CT molecular complexity index is 1880. The van der Waals surface area contributed by atoms with Crippen molar-refractivity contribution in [3.05, 3.63) is 54.1 Å². The first-order chi connectivity index (χ1) is 21.0. The molecule has 10 nitrogen and oxygen atoms in total. The monoisotopic (exact) mass is 622 g/mol. The lowest BCUT2D eigenvalue weighted by molar-refractivity contribution is -0.144. The van der Waals surface area contributed by atoms with E-state index in [0.29, 0.717) is 41.5 Å². The number of carbonyl (C=O) groups is 3. The highest BCUT2D eigenvalue weighted by Crippen LogP contribution is 2.63. The van der Waals surface area contributed by atoms with E-state index < -0.39 is 23.4 Å². The number of hydrogen-bond donors (Lipinski definition) is 0. The number of amides is 3. The highest BCUT2D eigenvalue weighted by Gasteiger charge is 2.72. The molecule has 3 aromatic heterocycles. The molecule has 0 radical (unpaired) electrons. The van der Waals surface area contributed by atoms with Crippen molar-refractivity contribution in [2.45, 2.75) is 65.4 Å². The van der Waals surface area contributed by atoms with Crippen LogP contribution in [0.3, 0.4) is 0 Å².